The maximum Gasteiger partial charge on any atom is 0.573 e. The summed E-state index contributed by atoms with van der Waals surface area (Å²) in [5.41, 5.74) is 0.285. The van der Waals surface area contributed by atoms with Crippen LogP contribution in [-0.4, -0.2) is 42.1 Å². The molecule has 26 heavy (non-hydrogen) atoms. The number of para-hydroxylation sites is 1. The standard InChI is InChI=1S/C17H19F3N2O4/c18-17(19,20)26-13-5-2-1-4-12(13)6-7-14(23)21-10-3-11-22-15(24)8-9-16(22)25/h1-2,4-5H,3,6-11H2,(H,21,23). The van der Waals surface area contributed by atoms with Crippen LogP contribution in [-0.2, 0) is 20.8 Å². The van der Waals surface area contributed by atoms with Gasteiger partial charge in [-0.3, -0.25) is 19.3 Å². The average molecular weight is 372 g/mol. The van der Waals surface area contributed by atoms with Crippen molar-refractivity contribution in [2.45, 2.75) is 38.5 Å². The summed E-state index contributed by atoms with van der Waals surface area (Å²) in [5, 5.41) is 2.62. The molecule has 1 fully saturated rings. The molecule has 1 heterocycles. The van der Waals surface area contributed by atoms with Gasteiger partial charge in [-0.25, -0.2) is 0 Å². The fraction of sp³-hybridized carbons (Fsp3) is 0.471. The quantitative estimate of drug-likeness (QED) is 0.561. The van der Waals surface area contributed by atoms with Crippen LogP contribution in [0.25, 0.3) is 0 Å². The second-order valence-electron chi connectivity index (χ2n) is 5.80. The van der Waals surface area contributed by atoms with E-state index in [0.29, 0.717) is 6.42 Å². The Kier molecular flexibility index (Phi) is 6.59. The molecule has 1 aromatic rings. The van der Waals surface area contributed by atoms with Gasteiger partial charge in [-0.05, 0) is 24.5 Å². The van der Waals surface area contributed by atoms with E-state index in [1.807, 2.05) is 0 Å². The third kappa shape index (κ3) is 6.05. The number of nitrogens with zero attached hydrogens (tertiary/aromatic N) is 1. The van der Waals surface area contributed by atoms with Gasteiger partial charge < -0.3 is 10.1 Å². The predicted molar refractivity (Wildman–Crippen MR) is 85.0 cm³/mol. The summed E-state index contributed by atoms with van der Waals surface area (Å²) in [6, 6.07) is 5.66. The van der Waals surface area contributed by atoms with Crippen molar-refractivity contribution >= 4 is 17.7 Å². The van der Waals surface area contributed by atoms with Gasteiger partial charge in [-0.15, -0.1) is 13.2 Å². The molecule has 0 unspecified atom stereocenters. The Morgan fingerprint density at radius 3 is 2.46 bits per heavy atom. The maximum absolute atomic E-state index is 12.4. The van der Waals surface area contributed by atoms with Crippen LogP contribution in [0.5, 0.6) is 5.75 Å². The van der Waals surface area contributed by atoms with E-state index in [-0.39, 0.29) is 67.8 Å². The van der Waals surface area contributed by atoms with Gasteiger partial charge in [0, 0.05) is 32.4 Å². The minimum atomic E-state index is -4.79. The van der Waals surface area contributed by atoms with Crippen LogP contribution < -0.4 is 10.1 Å². The zero-order valence-corrected chi connectivity index (χ0v) is 14.0. The Balaban J connectivity index is 1.72. The number of carbonyl (C=O) groups is 3. The molecule has 3 amide bonds. The lowest BCUT2D eigenvalue weighted by Gasteiger charge is -2.14. The summed E-state index contributed by atoms with van der Waals surface area (Å²) in [7, 11) is 0. The number of carbonyl (C=O) groups excluding carboxylic acids is 3. The molecular formula is C17H19F3N2O4. The predicted octanol–water partition coefficient (Wildman–Crippen LogP) is 2.17. The first-order valence-electron chi connectivity index (χ1n) is 8.20. The summed E-state index contributed by atoms with van der Waals surface area (Å²) in [4.78, 5) is 35.9. The van der Waals surface area contributed by atoms with E-state index >= 15 is 0 Å². The van der Waals surface area contributed by atoms with Crippen molar-refractivity contribution in [2.24, 2.45) is 0 Å². The van der Waals surface area contributed by atoms with E-state index in [0.717, 1.165) is 0 Å². The monoisotopic (exact) mass is 372 g/mol. The zero-order valence-electron chi connectivity index (χ0n) is 14.0. The van der Waals surface area contributed by atoms with Gasteiger partial charge in [0.2, 0.25) is 17.7 Å². The van der Waals surface area contributed by atoms with E-state index in [1.54, 1.807) is 6.07 Å². The van der Waals surface area contributed by atoms with Crippen LogP contribution in [0.1, 0.15) is 31.2 Å². The highest BCUT2D eigenvalue weighted by Crippen LogP contribution is 2.26. The van der Waals surface area contributed by atoms with Crippen LogP contribution in [0.2, 0.25) is 0 Å². The van der Waals surface area contributed by atoms with Crippen molar-refractivity contribution in [1.82, 2.24) is 10.2 Å². The number of amides is 3. The Morgan fingerprint density at radius 2 is 1.81 bits per heavy atom. The van der Waals surface area contributed by atoms with Gasteiger partial charge in [0.1, 0.15) is 5.75 Å². The molecule has 1 saturated heterocycles. The molecule has 0 aromatic heterocycles. The Bertz CT molecular complexity index is 660. The number of ether oxygens (including phenoxy) is 1. The molecule has 9 heteroatoms. The number of rotatable bonds is 8. The van der Waals surface area contributed by atoms with Crippen molar-refractivity contribution < 1.29 is 32.3 Å². The smallest absolute Gasteiger partial charge is 0.406 e. The molecule has 6 nitrogen and oxygen atoms in total. The molecular weight excluding hydrogens is 353 g/mol. The van der Waals surface area contributed by atoms with Crippen LogP contribution in [0.3, 0.4) is 0 Å². The number of aryl methyl sites for hydroxylation is 1. The molecule has 0 atom stereocenters. The lowest BCUT2D eigenvalue weighted by molar-refractivity contribution is -0.274. The third-order valence-electron chi connectivity index (χ3n) is 3.86. The van der Waals surface area contributed by atoms with Crippen molar-refractivity contribution in [3.63, 3.8) is 0 Å². The first-order valence-corrected chi connectivity index (χ1v) is 8.20. The van der Waals surface area contributed by atoms with Gasteiger partial charge in [0.05, 0.1) is 0 Å². The number of alkyl halides is 3. The highest BCUT2D eigenvalue weighted by molar-refractivity contribution is 6.01. The highest BCUT2D eigenvalue weighted by atomic mass is 19.4. The molecule has 1 aromatic carbocycles. The normalized spacial score (nSPS) is 14.7. The number of halogens is 3. The topological polar surface area (TPSA) is 75.7 Å². The third-order valence-corrected chi connectivity index (χ3v) is 3.86. The summed E-state index contributed by atoms with van der Waals surface area (Å²) in [5.74, 6) is -1.06. The van der Waals surface area contributed by atoms with Crippen LogP contribution in [0.15, 0.2) is 24.3 Å². The minimum absolute atomic E-state index is 0.000193. The van der Waals surface area contributed by atoms with E-state index in [2.05, 4.69) is 10.1 Å². The number of hydrogen-bond acceptors (Lipinski definition) is 4. The molecule has 1 aliphatic rings. The van der Waals surface area contributed by atoms with Crippen molar-refractivity contribution in [2.75, 3.05) is 13.1 Å². The Hall–Kier alpha value is -2.58. The number of nitrogens with one attached hydrogen (secondary N) is 1. The average Bonchev–Trinajstić information content (AvgIpc) is 2.88. The number of imide groups is 1. The SMILES string of the molecule is O=C(CCc1ccccc1OC(F)(F)F)NCCCN1C(=O)CCC1=O. The summed E-state index contributed by atoms with van der Waals surface area (Å²) in [6.07, 6.45) is -3.81. The number of hydrogen-bond donors (Lipinski definition) is 1. The van der Waals surface area contributed by atoms with E-state index < -0.39 is 6.36 Å². The molecule has 0 radical (unpaired) electrons. The second kappa shape index (κ2) is 8.68. The van der Waals surface area contributed by atoms with E-state index in [1.165, 1.54) is 23.1 Å². The molecule has 142 valence electrons. The van der Waals surface area contributed by atoms with Crippen LogP contribution >= 0.6 is 0 Å². The Morgan fingerprint density at radius 1 is 1.15 bits per heavy atom. The lowest BCUT2D eigenvalue weighted by Crippen LogP contribution is -2.33. The van der Waals surface area contributed by atoms with Crippen LogP contribution in [0, 0.1) is 0 Å². The van der Waals surface area contributed by atoms with Crippen molar-refractivity contribution in [3.05, 3.63) is 29.8 Å². The highest BCUT2D eigenvalue weighted by Gasteiger charge is 2.32. The number of likely N-dealkylation sites (tertiary alicyclic amines) is 1. The molecule has 1 aliphatic heterocycles. The van der Waals surface area contributed by atoms with E-state index in [9.17, 15) is 27.6 Å². The molecule has 0 bridgehead atoms. The maximum atomic E-state index is 12.4. The van der Waals surface area contributed by atoms with Gasteiger partial charge in [-0.1, -0.05) is 18.2 Å². The molecule has 1 N–H and O–H groups in total. The number of benzene rings is 1. The van der Waals surface area contributed by atoms with E-state index in [4.69, 9.17) is 0 Å². The minimum Gasteiger partial charge on any atom is -0.406 e. The summed E-state index contributed by atoms with van der Waals surface area (Å²) >= 11 is 0. The largest absolute Gasteiger partial charge is 0.573 e. The Labute approximate surface area is 148 Å². The van der Waals surface area contributed by atoms with Crippen LogP contribution in [0.4, 0.5) is 13.2 Å². The molecule has 2 rings (SSSR count). The van der Waals surface area contributed by atoms with Crippen molar-refractivity contribution in [1.29, 1.82) is 0 Å². The van der Waals surface area contributed by atoms with Crippen molar-refractivity contribution in [3.8, 4) is 5.75 Å². The second-order valence-corrected chi connectivity index (χ2v) is 5.80. The fourth-order valence-corrected chi connectivity index (χ4v) is 2.61. The summed E-state index contributed by atoms with van der Waals surface area (Å²) < 4.78 is 41.0. The zero-order chi connectivity index (χ0) is 19.2. The molecule has 0 spiro atoms. The molecule has 0 aliphatic carbocycles. The fourth-order valence-electron chi connectivity index (χ4n) is 2.61. The van der Waals surface area contributed by atoms with Gasteiger partial charge in [0.25, 0.3) is 0 Å². The first kappa shape index (κ1) is 19.7. The lowest BCUT2D eigenvalue weighted by atomic mass is 10.1. The summed E-state index contributed by atoms with van der Waals surface area (Å²) in [6.45, 7) is 0.525. The molecule has 0 saturated carbocycles. The van der Waals surface area contributed by atoms with Gasteiger partial charge in [-0.2, -0.15) is 0 Å². The van der Waals surface area contributed by atoms with Gasteiger partial charge in [0.15, 0.2) is 0 Å². The van der Waals surface area contributed by atoms with Gasteiger partial charge >= 0.3 is 6.36 Å². The first-order chi connectivity index (χ1) is 12.3.